The van der Waals surface area contributed by atoms with Crippen molar-refractivity contribution in [3.8, 4) is 11.5 Å². The maximum atomic E-state index is 14.1. The number of benzene rings is 4. The Hall–Kier alpha value is -5.42. The van der Waals surface area contributed by atoms with Crippen LogP contribution in [0.25, 0.3) is 0 Å². The summed E-state index contributed by atoms with van der Waals surface area (Å²) in [7, 11) is 0. The molecule has 0 bridgehead atoms. The van der Waals surface area contributed by atoms with Crippen LogP contribution in [0.4, 0.5) is 15.8 Å². The fourth-order valence-corrected chi connectivity index (χ4v) is 9.71. The summed E-state index contributed by atoms with van der Waals surface area (Å²) in [5, 5.41) is 12.6. The number of phenols is 1. The lowest BCUT2D eigenvalue weighted by molar-refractivity contribution is -0.136. The number of fused-ring (bicyclic) bond motifs is 2. The minimum absolute atomic E-state index is 0.00557. The van der Waals surface area contributed by atoms with E-state index < -0.39 is 6.04 Å². The van der Waals surface area contributed by atoms with Gasteiger partial charge in [-0.2, -0.15) is 0 Å². The molecular weight excluding hydrogens is 710 g/mol. The highest BCUT2D eigenvalue weighted by Crippen LogP contribution is 2.48. The van der Waals surface area contributed by atoms with Crippen molar-refractivity contribution in [2.24, 2.45) is 5.92 Å². The highest BCUT2D eigenvalue weighted by molar-refractivity contribution is 6.05. The number of hydrogen-bond donors (Lipinski definition) is 2. The van der Waals surface area contributed by atoms with Gasteiger partial charge in [0.15, 0.2) is 0 Å². The fourth-order valence-electron chi connectivity index (χ4n) is 9.71. The van der Waals surface area contributed by atoms with Gasteiger partial charge in [0.25, 0.3) is 5.91 Å². The lowest BCUT2D eigenvalue weighted by atomic mass is 9.75. The molecule has 5 aliphatic heterocycles. The molecule has 5 heterocycles. The maximum absolute atomic E-state index is 14.1. The lowest BCUT2D eigenvalue weighted by Crippen LogP contribution is -2.52. The Morgan fingerprint density at radius 3 is 2.29 bits per heavy atom. The van der Waals surface area contributed by atoms with E-state index >= 15 is 0 Å². The van der Waals surface area contributed by atoms with Gasteiger partial charge in [-0.1, -0.05) is 24.3 Å². The Kier molecular flexibility index (Phi) is 9.65. The quantitative estimate of drug-likeness (QED) is 0.223. The van der Waals surface area contributed by atoms with E-state index in [9.17, 15) is 23.9 Å². The molecule has 4 aromatic carbocycles. The summed E-state index contributed by atoms with van der Waals surface area (Å²) in [6.07, 6.45) is 2.91. The predicted molar refractivity (Wildman–Crippen MR) is 212 cm³/mol. The zero-order valence-corrected chi connectivity index (χ0v) is 31.8. The van der Waals surface area contributed by atoms with Crippen molar-refractivity contribution < 1.29 is 28.6 Å². The van der Waals surface area contributed by atoms with Crippen molar-refractivity contribution in [2.45, 2.75) is 57.0 Å². The molecule has 3 fully saturated rings. The van der Waals surface area contributed by atoms with E-state index in [1.165, 1.54) is 17.3 Å². The average molecular weight is 758 g/mol. The van der Waals surface area contributed by atoms with E-state index in [0.29, 0.717) is 36.8 Å². The number of carbonyl (C=O) groups is 3. The van der Waals surface area contributed by atoms with Gasteiger partial charge in [0, 0.05) is 99.2 Å². The Balaban J connectivity index is 0.790. The van der Waals surface area contributed by atoms with E-state index in [1.54, 1.807) is 23.1 Å². The first kappa shape index (κ1) is 36.2. The molecule has 10 nitrogen and oxygen atoms in total. The smallest absolute Gasteiger partial charge is 0.255 e. The molecule has 3 amide bonds. The van der Waals surface area contributed by atoms with E-state index in [0.717, 1.165) is 86.6 Å². The van der Waals surface area contributed by atoms with Crippen LogP contribution in [0, 0.1) is 18.7 Å². The third kappa shape index (κ3) is 6.97. The SMILES string of the molecule is Cc1cc(F)ccc1[C@@H]1COc2cc(O)ccc2[C@@H]1c1ccc(N2CCC(CN3CCN(c4ccc5c(c4)CN([C@H]4CCC(=O)NC4=O)C5=O)CC3)CC2)cc1. The monoisotopic (exact) mass is 757 g/mol. The van der Waals surface area contributed by atoms with Gasteiger partial charge in [-0.25, -0.2) is 4.39 Å². The number of hydrogen-bond acceptors (Lipinski definition) is 8. The third-order valence-corrected chi connectivity index (χ3v) is 12.8. The number of piperidine rings is 2. The van der Waals surface area contributed by atoms with Crippen LogP contribution in [0.3, 0.4) is 0 Å². The summed E-state index contributed by atoms with van der Waals surface area (Å²) in [6, 6.07) is 24.7. The number of ether oxygens (including phenoxy) is 1. The molecule has 4 aromatic rings. The molecule has 3 saturated heterocycles. The Labute approximate surface area is 326 Å². The summed E-state index contributed by atoms with van der Waals surface area (Å²) in [5.41, 5.74) is 8.12. The van der Waals surface area contributed by atoms with E-state index in [1.807, 2.05) is 31.2 Å². The molecule has 3 atom stereocenters. The second-order valence-electron chi connectivity index (χ2n) is 16.2. The van der Waals surface area contributed by atoms with Gasteiger partial charge in [0.2, 0.25) is 11.8 Å². The lowest BCUT2D eigenvalue weighted by Gasteiger charge is -2.40. The second kappa shape index (κ2) is 14.9. The molecular formula is C45H48FN5O5. The van der Waals surface area contributed by atoms with Crippen LogP contribution in [-0.2, 0) is 16.1 Å². The Morgan fingerprint density at radius 2 is 1.54 bits per heavy atom. The van der Waals surface area contributed by atoms with Crippen LogP contribution in [0.1, 0.15) is 75.7 Å². The zero-order chi connectivity index (χ0) is 38.5. The molecule has 0 unspecified atom stereocenters. The van der Waals surface area contributed by atoms with Crippen molar-refractivity contribution in [2.75, 3.05) is 62.2 Å². The van der Waals surface area contributed by atoms with Crippen molar-refractivity contribution in [1.29, 1.82) is 0 Å². The van der Waals surface area contributed by atoms with Gasteiger partial charge in [-0.15, -0.1) is 0 Å². The summed E-state index contributed by atoms with van der Waals surface area (Å²) >= 11 is 0. The predicted octanol–water partition coefficient (Wildman–Crippen LogP) is 5.95. The summed E-state index contributed by atoms with van der Waals surface area (Å²) < 4.78 is 20.2. The molecule has 0 radical (unpaired) electrons. The molecule has 11 heteroatoms. The molecule has 0 saturated carbocycles. The van der Waals surface area contributed by atoms with Gasteiger partial charge >= 0.3 is 0 Å². The molecule has 2 N–H and O–H groups in total. The molecule has 5 aliphatic rings. The van der Waals surface area contributed by atoms with E-state index in [-0.39, 0.29) is 47.5 Å². The highest BCUT2D eigenvalue weighted by atomic mass is 19.1. The van der Waals surface area contributed by atoms with Gasteiger partial charge in [-0.3, -0.25) is 24.6 Å². The fraction of sp³-hybridized carbons (Fsp3) is 0.400. The Bertz CT molecular complexity index is 2160. The Morgan fingerprint density at radius 1 is 0.804 bits per heavy atom. The van der Waals surface area contributed by atoms with Crippen LogP contribution >= 0.6 is 0 Å². The average Bonchev–Trinajstić information content (AvgIpc) is 3.53. The minimum atomic E-state index is -0.599. The molecule has 290 valence electrons. The molecule has 0 spiro atoms. The van der Waals surface area contributed by atoms with Crippen molar-refractivity contribution >= 4 is 29.1 Å². The number of aryl methyl sites for hydroxylation is 1. The van der Waals surface area contributed by atoms with E-state index in [4.69, 9.17) is 4.74 Å². The van der Waals surface area contributed by atoms with Crippen LogP contribution in [0.2, 0.25) is 0 Å². The summed E-state index contributed by atoms with van der Waals surface area (Å²) in [6.45, 7) is 9.77. The molecule has 56 heavy (non-hydrogen) atoms. The van der Waals surface area contributed by atoms with Gasteiger partial charge in [0.05, 0.1) is 6.61 Å². The number of halogens is 1. The molecule has 9 rings (SSSR count). The molecule has 0 aliphatic carbocycles. The number of imide groups is 1. The summed E-state index contributed by atoms with van der Waals surface area (Å²) in [4.78, 5) is 46.3. The maximum Gasteiger partial charge on any atom is 0.255 e. The standard InChI is InChI=1S/C45H48FN5O5/c1-28-22-32(46)4-9-36(28)39-27-56-41-24-35(52)8-11-38(41)43(39)30-2-5-33(6-3-30)49-16-14-29(15-17-49)25-48-18-20-50(21-19-48)34-7-10-37-31(23-34)26-51(45(37)55)40-12-13-42(53)47-44(40)54/h2-11,22-24,29,39-40,43,52H,12-21,25-27H2,1H3,(H,47,53,54)/t39-,40-,43-/m0/s1. The van der Waals surface area contributed by atoms with E-state index in [2.05, 4.69) is 50.3 Å². The zero-order valence-electron chi connectivity index (χ0n) is 31.8. The molecule has 0 aromatic heterocycles. The van der Waals surface area contributed by atoms with Crippen LogP contribution in [0.15, 0.2) is 78.9 Å². The van der Waals surface area contributed by atoms with Gasteiger partial charge in [-0.05, 0) is 103 Å². The second-order valence-corrected chi connectivity index (χ2v) is 16.2. The highest BCUT2D eigenvalue weighted by Gasteiger charge is 2.40. The first-order valence-corrected chi connectivity index (χ1v) is 20.0. The number of carbonyl (C=O) groups excluding carboxylic acids is 3. The topological polar surface area (TPSA) is 106 Å². The van der Waals surface area contributed by atoms with Gasteiger partial charge in [0.1, 0.15) is 23.4 Å². The number of anilines is 2. The van der Waals surface area contributed by atoms with Crippen molar-refractivity contribution in [3.05, 3.63) is 118 Å². The van der Waals surface area contributed by atoms with Crippen LogP contribution in [-0.4, -0.2) is 91.1 Å². The normalized spacial score (nSPS) is 23.1. The van der Waals surface area contributed by atoms with Crippen LogP contribution < -0.4 is 19.9 Å². The number of nitrogens with zero attached hydrogens (tertiary/aromatic N) is 4. The number of piperazine rings is 1. The van der Waals surface area contributed by atoms with Crippen LogP contribution in [0.5, 0.6) is 11.5 Å². The largest absolute Gasteiger partial charge is 0.508 e. The number of amides is 3. The first-order valence-electron chi connectivity index (χ1n) is 20.0. The minimum Gasteiger partial charge on any atom is -0.508 e. The third-order valence-electron chi connectivity index (χ3n) is 12.8. The number of phenolic OH excluding ortho intramolecular Hbond substituents is 1. The summed E-state index contributed by atoms with van der Waals surface area (Å²) in [5.74, 6) is 0.501. The number of nitrogens with one attached hydrogen (secondary N) is 1. The van der Waals surface area contributed by atoms with Crippen molar-refractivity contribution in [3.63, 3.8) is 0 Å². The number of aromatic hydroxyl groups is 1. The van der Waals surface area contributed by atoms with Gasteiger partial charge < -0.3 is 24.5 Å². The van der Waals surface area contributed by atoms with Crippen molar-refractivity contribution in [1.82, 2.24) is 15.1 Å². The first-order chi connectivity index (χ1) is 27.2. The number of rotatable bonds is 7.